The van der Waals surface area contributed by atoms with Crippen LogP contribution in [0.25, 0.3) is 0 Å². The number of amides is 1. The van der Waals surface area contributed by atoms with Crippen LogP contribution in [0.3, 0.4) is 0 Å². The topological polar surface area (TPSA) is 59.2 Å². The quantitative estimate of drug-likeness (QED) is 0.879. The fourth-order valence-electron chi connectivity index (χ4n) is 1.62. The second-order valence-electron chi connectivity index (χ2n) is 4.21. The summed E-state index contributed by atoms with van der Waals surface area (Å²) in [6, 6.07) is 0.133. The molecule has 1 rings (SSSR count). The van der Waals surface area contributed by atoms with Crippen LogP contribution in [0.1, 0.15) is 55.7 Å². The molecule has 96 valence electrons. The highest BCUT2D eigenvalue weighted by atomic mass is 32.1. The summed E-state index contributed by atoms with van der Waals surface area (Å²) in [6.45, 7) is 8.70. The van der Waals surface area contributed by atoms with E-state index in [1.807, 2.05) is 18.7 Å². The van der Waals surface area contributed by atoms with Crippen molar-refractivity contribution in [2.75, 3.05) is 6.54 Å². The van der Waals surface area contributed by atoms with Gasteiger partial charge in [0.1, 0.15) is 10.7 Å². The Bertz CT molecular complexity index is 376. The van der Waals surface area contributed by atoms with Gasteiger partial charge in [-0.05, 0) is 27.2 Å². The molecular formula is C12H21N3OS. The summed E-state index contributed by atoms with van der Waals surface area (Å²) >= 11 is 1.45. The summed E-state index contributed by atoms with van der Waals surface area (Å²) in [4.78, 5) is 18.4. The molecule has 2 atom stereocenters. The number of hydrogen-bond donors (Lipinski definition) is 1. The second kappa shape index (κ2) is 6.12. The zero-order valence-corrected chi connectivity index (χ0v) is 11.8. The second-order valence-corrected chi connectivity index (χ2v) is 5.10. The summed E-state index contributed by atoms with van der Waals surface area (Å²) < 4.78 is 0. The van der Waals surface area contributed by atoms with Crippen LogP contribution < -0.4 is 5.73 Å². The first kappa shape index (κ1) is 14.1. The minimum absolute atomic E-state index is 0.00463. The molecule has 5 heteroatoms. The lowest BCUT2D eigenvalue weighted by Crippen LogP contribution is -2.38. The summed E-state index contributed by atoms with van der Waals surface area (Å²) in [6.07, 6.45) is 0.948. The maximum absolute atomic E-state index is 12.2. The molecule has 0 aromatic carbocycles. The third kappa shape index (κ3) is 3.26. The zero-order chi connectivity index (χ0) is 13.0. The van der Waals surface area contributed by atoms with Crippen molar-refractivity contribution in [3.63, 3.8) is 0 Å². The summed E-state index contributed by atoms with van der Waals surface area (Å²) in [5.41, 5.74) is 6.26. The van der Waals surface area contributed by atoms with Crippen LogP contribution in [0.4, 0.5) is 0 Å². The van der Waals surface area contributed by atoms with Crippen LogP contribution in [0, 0.1) is 0 Å². The molecule has 0 saturated carbocycles. The molecule has 0 aliphatic heterocycles. The molecule has 4 nitrogen and oxygen atoms in total. The lowest BCUT2D eigenvalue weighted by atomic mass is 10.2. The van der Waals surface area contributed by atoms with Gasteiger partial charge in [-0.2, -0.15) is 0 Å². The number of carbonyl (C=O) groups is 1. The van der Waals surface area contributed by atoms with Crippen molar-refractivity contribution in [2.24, 2.45) is 5.73 Å². The first-order chi connectivity index (χ1) is 8.01. The Hall–Kier alpha value is -0.940. The Balaban J connectivity index is 2.86. The summed E-state index contributed by atoms with van der Waals surface area (Å²) in [5.74, 6) is 0.00463. The highest BCUT2D eigenvalue weighted by Gasteiger charge is 2.21. The van der Waals surface area contributed by atoms with E-state index in [4.69, 9.17) is 5.73 Å². The van der Waals surface area contributed by atoms with E-state index >= 15 is 0 Å². The molecule has 1 aromatic rings. The number of rotatable bonds is 5. The first-order valence-electron chi connectivity index (χ1n) is 6.03. The van der Waals surface area contributed by atoms with Crippen LogP contribution in [0.15, 0.2) is 5.38 Å². The molecule has 2 N–H and O–H groups in total. The molecule has 1 heterocycles. The zero-order valence-electron chi connectivity index (χ0n) is 10.9. The normalized spacial score (nSPS) is 14.4. The third-order valence-electron chi connectivity index (χ3n) is 2.86. The van der Waals surface area contributed by atoms with E-state index in [-0.39, 0.29) is 18.0 Å². The van der Waals surface area contributed by atoms with Crippen LogP contribution in [-0.2, 0) is 0 Å². The van der Waals surface area contributed by atoms with E-state index < -0.39 is 0 Å². The van der Waals surface area contributed by atoms with Crippen LogP contribution in [0.2, 0.25) is 0 Å². The highest BCUT2D eigenvalue weighted by Crippen LogP contribution is 2.18. The lowest BCUT2D eigenvalue weighted by molar-refractivity contribution is 0.0694. The Morgan fingerprint density at radius 2 is 2.18 bits per heavy atom. The van der Waals surface area contributed by atoms with E-state index in [0.29, 0.717) is 12.2 Å². The molecule has 1 amide bonds. The Kier molecular flexibility index (Phi) is 5.08. The van der Waals surface area contributed by atoms with Crippen LogP contribution >= 0.6 is 11.3 Å². The minimum atomic E-state index is -0.111. The van der Waals surface area contributed by atoms with Crippen molar-refractivity contribution in [3.8, 4) is 0 Å². The minimum Gasteiger partial charge on any atom is -0.335 e. The maximum Gasteiger partial charge on any atom is 0.273 e. The van der Waals surface area contributed by atoms with E-state index in [1.165, 1.54) is 11.3 Å². The summed E-state index contributed by atoms with van der Waals surface area (Å²) in [5, 5.41) is 2.61. The molecule has 1 aromatic heterocycles. The largest absolute Gasteiger partial charge is 0.335 e. The Morgan fingerprint density at radius 1 is 1.53 bits per heavy atom. The fourth-order valence-corrected chi connectivity index (χ4v) is 2.37. The van der Waals surface area contributed by atoms with Crippen molar-refractivity contribution < 1.29 is 4.79 Å². The molecule has 0 bridgehead atoms. The van der Waals surface area contributed by atoms with Gasteiger partial charge in [0.05, 0.1) is 6.04 Å². The van der Waals surface area contributed by atoms with Gasteiger partial charge in [-0.1, -0.05) is 6.92 Å². The van der Waals surface area contributed by atoms with Crippen molar-refractivity contribution in [1.29, 1.82) is 0 Å². The van der Waals surface area contributed by atoms with Gasteiger partial charge < -0.3 is 10.6 Å². The maximum atomic E-state index is 12.2. The van der Waals surface area contributed by atoms with Crippen molar-refractivity contribution >= 4 is 17.2 Å². The number of hydrogen-bond acceptors (Lipinski definition) is 4. The van der Waals surface area contributed by atoms with Gasteiger partial charge in [0.15, 0.2) is 0 Å². The number of carbonyl (C=O) groups excluding carboxylic acids is 1. The molecule has 0 aliphatic carbocycles. The van der Waals surface area contributed by atoms with Gasteiger partial charge in [-0.25, -0.2) is 4.98 Å². The average molecular weight is 255 g/mol. The van der Waals surface area contributed by atoms with Crippen molar-refractivity contribution in [2.45, 2.75) is 46.2 Å². The van der Waals surface area contributed by atoms with Gasteiger partial charge >= 0.3 is 0 Å². The van der Waals surface area contributed by atoms with E-state index in [2.05, 4.69) is 18.8 Å². The molecular weight excluding hydrogens is 234 g/mol. The van der Waals surface area contributed by atoms with Crippen molar-refractivity contribution in [1.82, 2.24) is 9.88 Å². The Morgan fingerprint density at radius 3 is 2.59 bits per heavy atom. The van der Waals surface area contributed by atoms with Crippen LogP contribution in [0.5, 0.6) is 0 Å². The van der Waals surface area contributed by atoms with Gasteiger partial charge in [-0.3, -0.25) is 4.79 Å². The molecule has 0 aliphatic rings. The average Bonchev–Trinajstić information content (AvgIpc) is 2.78. The predicted octanol–water partition coefficient (Wildman–Crippen LogP) is 2.42. The van der Waals surface area contributed by atoms with Crippen LogP contribution in [-0.4, -0.2) is 28.4 Å². The molecule has 2 unspecified atom stereocenters. The standard InChI is InChI=1S/C12H21N3OS/c1-5-8(3)15(6-2)12(16)10-7-17-11(14-10)9(4)13/h7-9H,5-6,13H2,1-4H3. The number of nitrogens with zero attached hydrogens (tertiary/aromatic N) is 2. The number of thiazole rings is 1. The SMILES string of the molecule is CCC(C)N(CC)C(=O)c1csc(C(C)N)n1. The van der Waals surface area contributed by atoms with E-state index in [9.17, 15) is 4.79 Å². The van der Waals surface area contributed by atoms with Gasteiger partial charge in [0, 0.05) is 18.0 Å². The third-order valence-corrected chi connectivity index (χ3v) is 3.90. The highest BCUT2D eigenvalue weighted by molar-refractivity contribution is 7.09. The number of nitrogens with two attached hydrogens (primary N) is 1. The van der Waals surface area contributed by atoms with Crippen molar-refractivity contribution in [3.05, 3.63) is 16.1 Å². The first-order valence-corrected chi connectivity index (χ1v) is 6.91. The van der Waals surface area contributed by atoms with Gasteiger partial charge in [-0.15, -0.1) is 11.3 Å². The predicted molar refractivity (Wildman–Crippen MR) is 71.2 cm³/mol. The monoisotopic (exact) mass is 255 g/mol. The molecule has 17 heavy (non-hydrogen) atoms. The van der Waals surface area contributed by atoms with Gasteiger partial charge in [0.2, 0.25) is 0 Å². The Labute approximate surface area is 107 Å². The number of aromatic nitrogens is 1. The fraction of sp³-hybridized carbons (Fsp3) is 0.667. The van der Waals surface area contributed by atoms with E-state index in [1.54, 1.807) is 5.38 Å². The molecule has 0 radical (unpaired) electrons. The smallest absolute Gasteiger partial charge is 0.273 e. The molecule has 0 saturated heterocycles. The molecule has 0 fully saturated rings. The van der Waals surface area contributed by atoms with Gasteiger partial charge in [0.25, 0.3) is 5.91 Å². The summed E-state index contributed by atoms with van der Waals surface area (Å²) in [7, 11) is 0. The lowest BCUT2D eigenvalue weighted by Gasteiger charge is -2.26. The van der Waals surface area contributed by atoms with E-state index in [0.717, 1.165) is 11.4 Å². The molecule has 0 spiro atoms.